The Morgan fingerprint density at radius 2 is 1.58 bits per heavy atom. The Kier molecular flexibility index (Phi) is 7.89. The molecule has 12 heavy (non-hydrogen) atoms. The minimum absolute atomic E-state index is 0. The summed E-state index contributed by atoms with van der Waals surface area (Å²) in [7, 11) is -4.00. The first-order valence-electron chi connectivity index (χ1n) is 2.63. The van der Waals surface area contributed by atoms with Crippen molar-refractivity contribution >= 4 is 10.1 Å². The second kappa shape index (κ2) is 6.22. The van der Waals surface area contributed by atoms with Gasteiger partial charge in [-0.2, -0.15) is 8.42 Å². The Bertz CT molecular complexity index is 313. The molecule has 0 aliphatic carbocycles. The maximum atomic E-state index is 10.4. The van der Waals surface area contributed by atoms with E-state index in [9.17, 15) is 8.42 Å². The Balaban J connectivity index is -0.000000333. The Hall–Kier alpha value is 0.726. The molecule has 0 heterocycles. The van der Waals surface area contributed by atoms with Crippen LogP contribution in [-0.4, -0.2) is 18.4 Å². The van der Waals surface area contributed by atoms with E-state index in [4.69, 9.17) is 4.55 Å². The molecule has 0 atom stereocenters. The van der Waals surface area contributed by atoms with Gasteiger partial charge in [0, 0.05) is 0 Å². The third-order valence-electron chi connectivity index (χ3n) is 1.04. The first kappa shape index (κ1) is 15.2. The van der Waals surface area contributed by atoms with Gasteiger partial charge in [0.2, 0.25) is 0 Å². The maximum Gasteiger partial charge on any atom is 1.00 e. The van der Waals surface area contributed by atoms with Crippen molar-refractivity contribution in [2.45, 2.75) is 4.90 Å². The maximum absolute atomic E-state index is 10.4. The summed E-state index contributed by atoms with van der Waals surface area (Å²) < 4.78 is 29.2. The molecule has 6 heteroatoms. The minimum atomic E-state index is -4.00. The molecular formula is C6H9KO4S. The van der Waals surface area contributed by atoms with Crippen molar-refractivity contribution in [2.24, 2.45) is 0 Å². The van der Waals surface area contributed by atoms with Gasteiger partial charge in [-0.15, -0.1) is 0 Å². The standard InChI is InChI=1S/C6H6O3S.K.H2O.H/c7-10(8,9)6-4-2-1-3-5-6;;;/h1-5H,(H,7,8,9);;1H2;/q;+1;;-1. The fourth-order valence-electron chi connectivity index (χ4n) is 0.592. The first-order valence-corrected chi connectivity index (χ1v) is 4.07. The van der Waals surface area contributed by atoms with Gasteiger partial charge in [0.05, 0.1) is 4.90 Å². The molecule has 3 N–H and O–H groups in total. The molecule has 64 valence electrons. The minimum Gasteiger partial charge on any atom is -1.00 e. The third-order valence-corrected chi connectivity index (χ3v) is 1.91. The van der Waals surface area contributed by atoms with Crippen LogP contribution in [0.1, 0.15) is 1.43 Å². The molecule has 0 aromatic heterocycles. The van der Waals surface area contributed by atoms with Gasteiger partial charge in [0.25, 0.3) is 10.1 Å². The van der Waals surface area contributed by atoms with E-state index in [-0.39, 0.29) is 63.2 Å². The van der Waals surface area contributed by atoms with Gasteiger partial charge in [-0.3, -0.25) is 4.55 Å². The molecule has 0 spiro atoms. The molecule has 1 rings (SSSR count). The van der Waals surface area contributed by atoms with Gasteiger partial charge >= 0.3 is 51.4 Å². The van der Waals surface area contributed by atoms with Crippen molar-refractivity contribution in [1.82, 2.24) is 0 Å². The summed E-state index contributed by atoms with van der Waals surface area (Å²) in [6.45, 7) is 0. The predicted octanol–water partition coefficient (Wildman–Crippen LogP) is -2.77. The van der Waals surface area contributed by atoms with E-state index < -0.39 is 10.1 Å². The van der Waals surface area contributed by atoms with E-state index in [1.165, 1.54) is 12.1 Å². The van der Waals surface area contributed by atoms with Crippen molar-refractivity contribution in [3.8, 4) is 0 Å². The van der Waals surface area contributed by atoms with Crippen LogP contribution >= 0.6 is 0 Å². The SMILES string of the molecule is O.O=S(=O)(O)c1ccccc1.[H-].[K+]. The smallest absolute Gasteiger partial charge is 1.00 e. The van der Waals surface area contributed by atoms with Crippen molar-refractivity contribution < 1.29 is 71.3 Å². The number of hydrogen-bond donors (Lipinski definition) is 1. The number of hydrogen-bond acceptors (Lipinski definition) is 2. The van der Waals surface area contributed by atoms with Crippen LogP contribution in [0.3, 0.4) is 0 Å². The monoisotopic (exact) mass is 216 g/mol. The average Bonchev–Trinajstić information content (AvgIpc) is 1.88. The van der Waals surface area contributed by atoms with Crippen LogP contribution in [0.25, 0.3) is 0 Å². The molecule has 1 aromatic carbocycles. The summed E-state index contributed by atoms with van der Waals surface area (Å²) >= 11 is 0. The van der Waals surface area contributed by atoms with Crippen molar-refractivity contribution in [1.29, 1.82) is 0 Å². The average molecular weight is 216 g/mol. The van der Waals surface area contributed by atoms with E-state index in [0.29, 0.717) is 0 Å². The normalized spacial score (nSPS) is 9.42. The largest absolute Gasteiger partial charge is 1.00 e. The van der Waals surface area contributed by atoms with E-state index in [2.05, 4.69) is 0 Å². The molecule has 0 unspecified atom stereocenters. The van der Waals surface area contributed by atoms with Crippen molar-refractivity contribution in [2.75, 3.05) is 0 Å². The fraction of sp³-hybridized carbons (Fsp3) is 0. The van der Waals surface area contributed by atoms with Crippen LogP contribution in [0, 0.1) is 0 Å². The van der Waals surface area contributed by atoms with Crippen LogP contribution in [0.5, 0.6) is 0 Å². The summed E-state index contributed by atoms with van der Waals surface area (Å²) in [5.41, 5.74) is 0. The third kappa shape index (κ3) is 4.68. The van der Waals surface area contributed by atoms with E-state index in [1.807, 2.05) is 0 Å². The van der Waals surface area contributed by atoms with E-state index in [1.54, 1.807) is 18.2 Å². The number of rotatable bonds is 1. The van der Waals surface area contributed by atoms with Gasteiger partial charge < -0.3 is 6.90 Å². The molecule has 0 radical (unpaired) electrons. The zero-order valence-electron chi connectivity index (χ0n) is 7.56. The predicted molar refractivity (Wildman–Crippen MR) is 41.0 cm³/mol. The van der Waals surface area contributed by atoms with Gasteiger partial charge in [-0.05, 0) is 12.1 Å². The second-order valence-corrected chi connectivity index (χ2v) is 3.21. The van der Waals surface area contributed by atoms with Gasteiger partial charge in [0.15, 0.2) is 0 Å². The van der Waals surface area contributed by atoms with Crippen molar-refractivity contribution in [3.63, 3.8) is 0 Å². The molecule has 0 saturated carbocycles. The molecular weight excluding hydrogens is 207 g/mol. The molecule has 0 fully saturated rings. The molecule has 0 aliphatic rings. The summed E-state index contributed by atoms with van der Waals surface area (Å²) in [6.07, 6.45) is 0. The fourth-order valence-corrected chi connectivity index (χ4v) is 1.09. The molecule has 0 aliphatic heterocycles. The zero-order valence-corrected chi connectivity index (χ0v) is 10.5. The molecule has 0 bridgehead atoms. The van der Waals surface area contributed by atoms with Gasteiger partial charge in [0.1, 0.15) is 0 Å². The van der Waals surface area contributed by atoms with E-state index >= 15 is 0 Å². The quantitative estimate of drug-likeness (QED) is 0.407. The Morgan fingerprint density at radius 3 is 1.83 bits per heavy atom. The molecule has 0 amide bonds. The molecule has 4 nitrogen and oxygen atoms in total. The van der Waals surface area contributed by atoms with Crippen LogP contribution in [-0.2, 0) is 10.1 Å². The topological polar surface area (TPSA) is 85.9 Å². The molecule has 1 aromatic rings. The summed E-state index contributed by atoms with van der Waals surface area (Å²) in [6, 6.07) is 7.42. The Labute approximate surface area is 115 Å². The zero-order chi connectivity index (χ0) is 7.61. The number of benzene rings is 1. The Morgan fingerprint density at radius 1 is 1.17 bits per heavy atom. The van der Waals surface area contributed by atoms with Gasteiger partial charge in [-0.1, -0.05) is 18.2 Å². The van der Waals surface area contributed by atoms with Crippen LogP contribution in [0.4, 0.5) is 0 Å². The van der Waals surface area contributed by atoms with Gasteiger partial charge in [-0.25, -0.2) is 0 Å². The summed E-state index contributed by atoms with van der Waals surface area (Å²) in [5, 5.41) is 0. The van der Waals surface area contributed by atoms with Crippen LogP contribution < -0.4 is 51.4 Å². The van der Waals surface area contributed by atoms with Crippen molar-refractivity contribution in [3.05, 3.63) is 30.3 Å². The summed E-state index contributed by atoms with van der Waals surface area (Å²) in [4.78, 5) is -0.0741. The molecule has 0 saturated heterocycles. The van der Waals surface area contributed by atoms with Crippen LogP contribution in [0.15, 0.2) is 35.2 Å². The van der Waals surface area contributed by atoms with E-state index in [0.717, 1.165) is 0 Å². The summed E-state index contributed by atoms with van der Waals surface area (Å²) in [5.74, 6) is 0. The first-order chi connectivity index (χ1) is 4.61. The van der Waals surface area contributed by atoms with Crippen LogP contribution in [0.2, 0.25) is 0 Å². The second-order valence-electron chi connectivity index (χ2n) is 1.79.